The van der Waals surface area contributed by atoms with E-state index >= 15 is 0 Å². The van der Waals surface area contributed by atoms with E-state index in [0.717, 1.165) is 18.4 Å². The van der Waals surface area contributed by atoms with Gasteiger partial charge >= 0.3 is 5.97 Å². The van der Waals surface area contributed by atoms with Gasteiger partial charge in [-0.15, -0.1) is 11.3 Å². The smallest absolute Gasteiger partial charge is 0.335 e. The predicted molar refractivity (Wildman–Crippen MR) is 108 cm³/mol. The molecule has 1 aromatic heterocycles. The second-order valence-corrected chi connectivity index (χ2v) is 8.61. The first kappa shape index (κ1) is 19.4. The molecule has 0 aliphatic heterocycles. The molecular weight excluding hydrogens is 413 g/mol. The zero-order chi connectivity index (χ0) is 20.5. The molecule has 1 heterocycles. The number of aromatic carboxylic acids is 1. The Kier molecular flexibility index (Phi) is 5.24. The molecule has 2 aromatic carbocycles. The van der Waals surface area contributed by atoms with E-state index in [1.54, 1.807) is 23.7 Å². The fourth-order valence-electron chi connectivity index (χ4n) is 2.99. The molecule has 2 N–H and O–H groups in total. The molecule has 0 spiro atoms. The normalized spacial score (nSPS) is 14.2. The molecule has 1 aliphatic rings. The number of hydrogen-bond donors (Lipinski definition) is 2. The molecule has 1 saturated carbocycles. The lowest BCUT2D eigenvalue weighted by molar-refractivity contribution is 0.0696. The average molecular weight is 427 g/mol. The Hall–Kier alpha value is -2.93. The molecule has 1 atom stereocenters. The first-order valence-electron chi connectivity index (χ1n) is 8.67. The van der Waals surface area contributed by atoms with Crippen molar-refractivity contribution in [2.24, 2.45) is 0 Å². The van der Waals surface area contributed by atoms with E-state index in [1.807, 2.05) is 0 Å². The SMILES string of the molecule is N#Cc1cc(N[S+]([O-])c2cc(C(=O)O)ccc2C2CC2)c(-c2nccs2)cc1F. The standard InChI is InChI=1S/C20H14FN3O3S2/c21-16-9-15(19-23-5-6-28-19)17(7-13(16)10-22)24-29(27)18-8-12(20(25)26)3-4-14(18)11-1-2-11/h3-9,11,24H,1-2H2,(H,25,26). The number of nitrogens with zero attached hydrogens (tertiary/aromatic N) is 2. The van der Waals surface area contributed by atoms with Crippen molar-refractivity contribution < 1.29 is 18.8 Å². The van der Waals surface area contributed by atoms with E-state index < -0.39 is 23.1 Å². The number of benzene rings is 2. The number of thiazole rings is 1. The molecule has 1 aliphatic carbocycles. The van der Waals surface area contributed by atoms with E-state index in [-0.39, 0.29) is 17.0 Å². The highest BCUT2D eigenvalue weighted by atomic mass is 32.2. The van der Waals surface area contributed by atoms with Crippen molar-refractivity contribution in [1.29, 1.82) is 5.26 Å². The van der Waals surface area contributed by atoms with E-state index in [4.69, 9.17) is 5.26 Å². The first-order chi connectivity index (χ1) is 14.0. The molecule has 146 valence electrons. The van der Waals surface area contributed by atoms with E-state index in [9.17, 15) is 18.8 Å². The largest absolute Gasteiger partial charge is 0.588 e. The number of carbonyl (C=O) groups is 1. The minimum Gasteiger partial charge on any atom is -0.588 e. The number of carboxylic acids is 1. The second kappa shape index (κ2) is 7.83. The molecule has 0 saturated heterocycles. The minimum atomic E-state index is -1.81. The topological polar surface area (TPSA) is 109 Å². The molecule has 4 rings (SSSR count). The van der Waals surface area contributed by atoms with Crippen LogP contribution in [-0.2, 0) is 11.4 Å². The van der Waals surface area contributed by atoms with Crippen LogP contribution in [0.4, 0.5) is 10.1 Å². The van der Waals surface area contributed by atoms with Crippen molar-refractivity contribution in [3.63, 3.8) is 0 Å². The number of hydrogen-bond acceptors (Lipinski definition) is 6. The Morgan fingerprint density at radius 3 is 2.79 bits per heavy atom. The van der Waals surface area contributed by atoms with Crippen molar-refractivity contribution in [1.82, 2.24) is 4.98 Å². The Balaban J connectivity index is 1.75. The van der Waals surface area contributed by atoms with Crippen molar-refractivity contribution in [2.75, 3.05) is 4.72 Å². The van der Waals surface area contributed by atoms with Crippen molar-refractivity contribution in [3.05, 3.63) is 64.4 Å². The molecule has 1 fully saturated rings. The van der Waals surface area contributed by atoms with Gasteiger partial charge in [-0.05, 0) is 37.0 Å². The van der Waals surface area contributed by atoms with Crippen LogP contribution >= 0.6 is 11.3 Å². The van der Waals surface area contributed by atoms with E-state index in [2.05, 4.69) is 9.71 Å². The Morgan fingerprint density at radius 1 is 1.38 bits per heavy atom. The molecule has 29 heavy (non-hydrogen) atoms. The third kappa shape index (κ3) is 3.96. The average Bonchev–Trinajstić information content (AvgIpc) is 3.42. The fraction of sp³-hybridized carbons (Fsp3) is 0.150. The lowest BCUT2D eigenvalue weighted by Gasteiger charge is -2.17. The van der Waals surface area contributed by atoms with Crippen LogP contribution in [-0.4, -0.2) is 20.6 Å². The van der Waals surface area contributed by atoms with Gasteiger partial charge in [-0.2, -0.15) is 5.26 Å². The van der Waals surface area contributed by atoms with Crippen LogP contribution in [0.3, 0.4) is 0 Å². The summed E-state index contributed by atoms with van der Waals surface area (Å²) in [5.74, 6) is -1.55. The lowest BCUT2D eigenvalue weighted by atomic mass is 10.1. The lowest BCUT2D eigenvalue weighted by Crippen LogP contribution is -2.17. The van der Waals surface area contributed by atoms with Crippen LogP contribution in [0, 0.1) is 17.1 Å². The van der Waals surface area contributed by atoms with Crippen molar-refractivity contribution in [2.45, 2.75) is 23.7 Å². The summed E-state index contributed by atoms with van der Waals surface area (Å²) in [4.78, 5) is 15.9. The maximum Gasteiger partial charge on any atom is 0.335 e. The van der Waals surface area contributed by atoms with Gasteiger partial charge in [-0.3, -0.25) is 0 Å². The summed E-state index contributed by atoms with van der Waals surface area (Å²) in [6.07, 6.45) is 3.48. The van der Waals surface area contributed by atoms with Gasteiger partial charge in [0.25, 0.3) is 0 Å². The summed E-state index contributed by atoms with van der Waals surface area (Å²) in [6, 6.07) is 8.86. The zero-order valence-corrected chi connectivity index (χ0v) is 16.5. The Bertz CT molecular complexity index is 1120. The summed E-state index contributed by atoms with van der Waals surface area (Å²) >= 11 is -0.528. The third-order valence-electron chi connectivity index (χ3n) is 4.57. The minimum absolute atomic E-state index is 0.0384. The van der Waals surface area contributed by atoms with Gasteiger partial charge in [0.05, 0.1) is 16.8 Å². The van der Waals surface area contributed by atoms with Crippen LogP contribution in [0.2, 0.25) is 0 Å². The fourth-order valence-corrected chi connectivity index (χ4v) is 4.82. The van der Waals surface area contributed by atoms with Gasteiger partial charge in [0.2, 0.25) is 0 Å². The highest BCUT2D eigenvalue weighted by molar-refractivity contribution is 7.92. The maximum atomic E-state index is 14.2. The molecule has 0 radical (unpaired) electrons. The van der Waals surface area contributed by atoms with Crippen molar-refractivity contribution >= 4 is 34.4 Å². The van der Waals surface area contributed by atoms with Crippen LogP contribution < -0.4 is 4.72 Å². The van der Waals surface area contributed by atoms with Crippen LogP contribution in [0.25, 0.3) is 10.6 Å². The summed E-state index contributed by atoms with van der Waals surface area (Å²) in [5, 5.41) is 20.7. The van der Waals surface area contributed by atoms with Crippen LogP contribution in [0.5, 0.6) is 0 Å². The van der Waals surface area contributed by atoms with Crippen LogP contribution in [0.15, 0.2) is 46.8 Å². The number of nitriles is 1. The molecular formula is C20H14FN3O3S2. The number of carboxylic acid groups (broad SMARTS) is 1. The van der Waals surface area contributed by atoms with Gasteiger partial charge in [0.1, 0.15) is 28.3 Å². The van der Waals surface area contributed by atoms with Gasteiger partial charge in [0, 0.05) is 28.8 Å². The monoisotopic (exact) mass is 427 g/mol. The van der Waals surface area contributed by atoms with E-state index in [1.165, 1.54) is 35.6 Å². The number of aromatic nitrogens is 1. The summed E-state index contributed by atoms with van der Waals surface area (Å²) in [7, 11) is 0. The number of halogens is 1. The third-order valence-corrected chi connectivity index (χ3v) is 6.54. The molecule has 9 heteroatoms. The quantitative estimate of drug-likeness (QED) is 0.560. The molecule has 1 unspecified atom stereocenters. The van der Waals surface area contributed by atoms with Crippen molar-refractivity contribution in [3.8, 4) is 16.6 Å². The van der Waals surface area contributed by atoms with Gasteiger partial charge < -0.3 is 9.66 Å². The number of anilines is 1. The second-order valence-electron chi connectivity index (χ2n) is 6.53. The van der Waals surface area contributed by atoms with Gasteiger partial charge in [-0.1, -0.05) is 6.07 Å². The number of nitrogens with one attached hydrogen (secondary N) is 1. The summed E-state index contributed by atoms with van der Waals surface area (Å²) in [6.45, 7) is 0. The Labute approximate surface area is 173 Å². The first-order valence-corrected chi connectivity index (χ1v) is 10.7. The molecule has 0 bridgehead atoms. The Morgan fingerprint density at radius 2 is 2.17 bits per heavy atom. The van der Waals surface area contributed by atoms with E-state index in [0.29, 0.717) is 21.2 Å². The van der Waals surface area contributed by atoms with Gasteiger partial charge in [-0.25, -0.2) is 18.9 Å². The highest BCUT2D eigenvalue weighted by Crippen LogP contribution is 2.43. The molecule has 6 nitrogen and oxygen atoms in total. The van der Waals surface area contributed by atoms with Crippen LogP contribution in [0.1, 0.15) is 40.2 Å². The highest BCUT2D eigenvalue weighted by Gasteiger charge is 2.32. The molecule has 3 aromatic rings. The summed E-state index contributed by atoms with van der Waals surface area (Å²) in [5.41, 5.74) is 1.35. The molecule has 0 amide bonds. The predicted octanol–water partition coefficient (Wildman–Crippen LogP) is 4.53. The zero-order valence-electron chi connectivity index (χ0n) is 14.9. The number of rotatable bonds is 6. The summed E-state index contributed by atoms with van der Waals surface area (Å²) < 4.78 is 30.2. The van der Waals surface area contributed by atoms with Gasteiger partial charge in [0.15, 0.2) is 4.90 Å². The maximum absolute atomic E-state index is 14.2.